The van der Waals surface area contributed by atoms with Crippen molar-refractivity contribution in [2.45, 2.75) is 90.4 Å². The summed E-state index contributed by atoms with van der Waals surface area (Å²) in [5.41, 5.74) is 6.43. The summed E-state index contributed by atoms with van der Waals surface area (Å²) < 4.78 is 12.2. The summed E-state index contributed by atoms with van der Waals surface area (Å²) in [6.45, 7) is 7.38. The second kappa shape index (κ2) is 17.2. The number of aromatic nitrogens is 3. The molecule has 29 heavy (non-hydrogen) atoms. The van der Waals surface area contributed by atoms with E-state index in [0.29, 0.717) is 19.6 Å². The zero-order valence-corrected chi connectivity index (χ0v) is 18.5. The molecule has 3 unspecified atom stereocenters. The van der Waals surface area contributed by atoms with Gasteiger partial charge in [-0.1, -0.05) is 56.9 Å². The number of allylic oxidation sites excluding steroid dienone is 2. The van der Waals surface area contributed by atoms with Gasteiger partial charge < -0.3 is 15.2 Å². The molecule has 0 fully saturated rings. The van der Waals surface area contributed by atoms with Gasteiger partial charge in [0.25, 0.3) is 0 Å². The van der Waals surface area contributed by atoms with E-state index in [4.69, 9.17) is 15.2 Å². The second-order valence-corrected chi connectivity index (χ2v) is 7.39. The third-order valence-corrected chi connectivity index (χ3v) is 4.80. The van der Waals surface area contributed by atoms with Crippen LogP contribution in [-0.4, -0.2) is 46.4 Å². The van der Waals surface area contributed by atoms with Gasteiger partial charge in [0.1, 0.15) is 18.5 Å². The molecule has 2 N–H and O–H groups in total. The topological polar surface area (TPSA) is 83.2 Å². The van der Waals surface area contributed by atoms with Crippen LogP contribution in [0.1, 0.15) is 71.5 Å². The lowest BCUT2D eigenvalue weighted by Crippen LogP contribution is -2.32. The molecule has 6 heteroatoms. The average molecular weight is 405 g/mol. The number of hydrogen-bond acceptors (Lipinski definition) is 6. The Kier molecular flexibility index (Phi) is 15.1. The first-order chi connectivity index (χ1) is 14.2. The molecule has 0 saturated carbocycles. The average Bonchev–Trinajstić information content (AvgIpc) is 2.72. The predicted molar refractivity (Wildman–Crippen MR) is 119 cm³/mol. The molecule has 1 rings (SSSR count). The van der Waals surface area contributed by atoms with Gasteiger partial charge in [0.2, 0.25) is 0 Å². The van der Waals surface area contributed by atoms with E-state index >= 15 is 0 Å². The van der Waals surface area contributed by atoms with Crippen molar-refractivity contribution >= 4 is 0 Å². The molecule has 0 aliphatic carbocycles. The molecule has 0 amide bonds. The summed E-state index contributed by atoms with van der Waals surface area (Å²) in [5.74, 6) is 0.738. The van der Waals surface area contributed by atoms with Crippen molar-refractivity contribution in [3.05, 3.63) is 42.8 Å². The highest BCUT2D eigenvalue weighted by Crippen LogP contribution is 2.17. The summed E-state index contributed by atoms with van der Waals surface area (Å²) in [5, 5.41) is 0. The van der Waals surface area contributed by atoms with Gasteiger partial charge in [0.05, 0.1) is 25.4 Å². The Morgan fingerprint density at radius 2 is 1.59 bits per heavy atom. The molecule has 0 saturated heterocycles. The van der Waals surface area contributed by atoms with Gasteiger partial charge in [-0.2, -0.15) is 0 Å². The summed E-state index contributed by atoms with van der Waals surface area (Å²) in [4.78, 5) is 12.4. The van der Waals surface area contributed by atoms with E-state index in [1.54, 1.807) is 0 Å². The lowest BCUT2D eigenvalue weighted by molar-refractivity contribution is -0.00737. The SMILES string of the molecule is C/C=C/COC(Cc1ncncn1)CC(CC(N)CCCCCC)OC/C=C/C. The van der Waals surface area contributed by atoms with Crippen LogP contribution in [0.15, 0.2) is 37.0 Å². The Hall–Kier alpha value is -1.63. The minimum Gasteiger partial charge on any atom is -0.374 e. The van der Waals surface area contributed by atoms with Crippen molar-refractivity contribution < 1.29 is 9.47 Å². The molecule has 0 aliphatic heterocycles. The fourth-order valence-corrected chi connectivity index (χ4v) is 3.17. The van der Waals surface area contributed by atoms with Gasteiger partial charge in [-0.3, -0.25) is 0 Å². The number of unbranched alkanes of at least 4 members (excludes halogenated alkanes) is 3. The second-order valence-electron chi connectivity index (χ2n) is 7.39. The van der Waals surface area contributed by atoms with Crippen LogP contribution < -0.4 is 5.73 Å². The first kappa shape index (κ1) is 25.4. The molecule has 1 heterocycles. The molecule has 6 nitrogen and oxygen atoms in total. The number of nitrogens with zero attached hydrogens (tertiary/aromatic N) is 3. The maximum Gasteiger partial charge on any atom is 0.134 e. The van der Waals surface area contributed by atoms with Gasteiger partial charge in [-0.05, 0) is 26.7 Å². The zero-order valence-electron chi connectivity index (χ0n) is 18.5. The van der Waals surface area contributed by atoms with Gasteiger partial charge in [0, 0.05) is 18.9 Å². The minimum atomic E-state index is -0.0310. The molecule has 3 atom stereocenters. The molecule has 0 radical (unpaired) electrons. The molecular formula is C23H40N4O2. The number of nitrogens with two attached hydrogens (primary N) is 1. The quantitative estimate of drug-likeness (QED) is 0.306. The Morgan fingerprint density at radius 3 is 2.21 bits per heavy atom. The van der Waals surface area contributed by atoms with E-state index in [1.165, 1.54) is 38.3 Å². The standard InChI is InChI=1S/C23H40N4O2/c1-4-7-10-11-12-20(24)15-21(28-13-8-5-2)16-22(29-14-9-6-3)17-23-26-18-25-19-27-23/h5-6,8-9,18-22H,4,7,10-17,24H2,1-3H3/b8-5+,9-6+. The van der Waals surface area contributed by atoms with E-state index in [1.807, 2.05) is 38.2 Å². The maximum atomic E-state index is 6.43. The molecular weight excluding hydrogens is 364 g/mol. The third kappa shape index (κ3) is 13.3. The van der Waals surface area contributed by atoms with Crippen molar-refractivity contribution in [2.24, 2.45) is 5.73 Å². The Morgan fingerprint density at radius 1 is 0.931 bits per heavy atom. The van der Waals surface area contributed by atoms with Crippen LogP contribution in [0.25, 0.3) is 0 Å². The largest absolute Gasteiger partial charge is 0.374 e. The molecule has 0 spiro atoms. The zero-order chi connectivity index (χ0) is 21.2. The normalized spacial score (nSPS) is 15.2. The summed E-state index contributed by atoms with van der Waals surface area (Å²) >= 11 is 0. The Balaban J connectivity index is 2.68. The van der Waals surface area contributed by atoms with Gasteiger partial charge >= 0.3 is 0 Å². The maximum absolute atomic E-state index is 6.43. The van der Waals surface area contributed by atoms with E-state index < -0.39 is 0 Å². The smallest absolute Gasteiger partial charge is 0.134 e. The van der Waals surface area contributed by atoms with E-state index in [9.17, 15) is 0 Å². The van der Waals surface area contributed by atoms with Crippen molar-refractivity contribution in [1.29, 1.82) is 0 Å². The van der Waals surface area contributed by atoms with Crippen LogP contribution >= 0.6 is 0 Å². The number of rotatable bonds is 17. The van der Waals surface area contributed by atoms with Crippen LogP contribution in [0.3, 0.4) is 0 Å². The van der Waals surface area contributed by atoms with Crippen LogP contribution in [0.5, 0.6) is 0 Å². The molecule has 0 aromatic carbocycles. The van der Waals surface area contributed by atoms with E-state index in [2.05, 4.69) is 21.9 Å². The lowest BCUT2D eigenvalue weighted by atomic mass is 9.98. The fourth-order valence-electron chi connectivity index (χ4n) is 3.17. The van der Waals surface area contributed by atoms with Crippen molar-refractivity contribution in [3.8, 4) is 0 Å². The van der Waals surface area contributed by atoms with Gasteiger partial charge in [-0.15, -0.1) is 0 Å². The van der Waals surface area contributed by atoms with Crippen molar-refractivity contribution in [3.63, 3.8) is 0 Å². The number of ether oxygens (including phenoxy) is 2. The van der Waals surface area contributed by atoms with Gasteiger partial charge in [0.15, 0.2) is 0 Å². The summed E-state index contributed by atoms with van der Waals surface area (Å²) in [6.07, 6.45) is 19.3. The van der Waals surface area contributed by atoms with Crippen LogP contribution in [0.2, 0.25) is 0 Å². The lowest BCUT2D eigenvalue weighted by Gasteiger charge is -2.25. The fraction of sp³-hybridized carbons (Fsp3) is 0.696. The Bertz CT molecular complexity index is 551. The molecule has 164 valence electrons. The third-order valence-electron chi connectivity index (χ3n) is 4.80. The van der Waals surface area contributed by atoms with Crippen molar-refractivity contribution in [1.82, 2.24) is 15.0 Å². The van der Waals surface area contributed by atoms with Crippen LogP contribution in [0.4, 0.5) is 0 Å². The summed E-state index contributed by atoms with van der Waals surface area (Å²) in [6, 6.07) is 0.149. The molecule has 0 aliphatic rings. The van der Waals surface area contributed by atoms with Crippen LogP contribution in [0, 0.1) is 0 Å². The highest BCUT2D eigenvalue weighted by atomic mass is 16.5. The first-order valence-electron chi connectivity index (χ1n) is 11.0. The minimum absolute atomic E-state index is 0.0310. The van der Waals surface area contributed by atoms with Crippen molar-refractivity contribution in [2.75, 3.05) is 13.2 Å². The highest BCUT2D eigenvalue weighted by molar-refractivity contribution is 4.88. The van der Waals surface area contributed by atoms with E-state index in [0.717, 1.165) is 25.1 Å². The number of hydrogen-bond donors (Lipinski definition) is 1. The van der Waals surface area contributed by atoms with Gasteiger partial charge in [-0.25, -0.2) is 15.0 Å². The first-order valence-corrected chi connectivity index (χ1v) is 11.0. The monoisotopic (exact) mass is 404 g/mol. The predicted octanol–water partition coefficient (Wildman–Crippen LogP) is 4.41. The van der Waals surface area contributed by atoms with E-state index in [-0.39, 0.29) is 18.2 Å². The molecule has 1 aromatic heterocycles. The highest BCUT2D eigenvalue weighted by Gasteiger charge is 2.21. The molecule has 1 aromatic rings. The van der Waals surface area contributed by atoms with Crippen LogP contribution in [-0.2, 0) is 15.9 Å². The molecule has 0 bridgehead atoms. The Labute approximate surface area is 177 Å². The summed E-state index contributed by atoms with van der Waals surface area (Å²) in [7, 11) is 0.